The van der Waals surface area contributed by atoms with Gasteiger partial charge in [0.2, 0.25) is 0 Å². The second-order valence-electron chi connectivity index (χ2n) is 3.32. The molecule has 2 rings (SSSR count). The van der Waals surface area contributed by atoms with Crippen LogP contribution in [0.4, 0.5) is 0 Å². The van der Waals surface area contributed by atoms with E-state index in [4.69, 9.17) is 16.7 Å². The van der Waals surface area contributed by atoms with Crippen LogP contribution < -0.4 is 5.69 Å². The quantitative estimate of drug-likeness (QED) is 0.830. The minimum absolute atomic E-state index is 0.0640. The number of aliphatic hydroxyl groups is 1. The molecule has 0 bridgehead atoms. The average Bonchev–Trinajstić information content (AvgIpc) is 2.45. The lowest BCUT2D eigenvalue weighted by Crippen LogP contribution is -2.23. The first-order valence-electron chi connectivity index (χ1n) is 4.61. The molecule has 0 atom stereocenters. The number of imidazole rings is 1. The molecule has 0 aliphatic rings. The first-order chi connectivity index (χ1) is 7.16. The van der Waals surface area contributed by atoms with E-state index in [1.807, 2.05) is 6.07 Å². The minimum Gasteiger partial charge on any atom is -0.395 e. The number of fused-ring (bicyclic) bond motifs is 1. The minimum atomic E-state index is -0.160. The largest absolute Gasteiger partial charge is 0.395 e. The Kier molecular flexibility index (Phi) is 2.54. The summed E-state index contributed by atoms with van der Waals surface area (Å²) < 4.78 is 3.01. The van der Waals surface area contributed by atoms with Gasteiger partial charge in [-0.3, -0.25) is 9.13 Å². The van der Waals surface area contributed by atoms with Crippen LogP contribution in [-0.4, -0.2) is 20.8 Å². The van der Waals surface area contributed by atoms with Gasteiger partial charge >= 0.3 is 5.69 Å². The topological polar surface area (TPSA) is 47.2 Å². The van der Waals surface area contributed by atoms with Gasteiger partial charge in [0, 0.05) is 7.05 Å². The van der Waals surface area contributed by atoms with Gasteiger partial charge in [0.15, 0.2) is 0 Å². The van der Waals surface area contributed by atoms with E-state index in [1.165, 1.54) is 9.13 Å². The fraction of sp³-hybridized carbons (Fsp3) is 0.300. The van der Waals surface area contributed by atoms with Crippen LogP contribution >= 0.6 is 11.6 Å². The first-order valence-corrected chi connectivity index (χ1v) is 4.99. The lowest BCUT2D eigenvalue weighted by molar-refractivity contribution is 0.275. The highest BCUT2D eigenvalue weighted by Crippen LogP contribution is 2.21. The van der Waals surface area contributed by atoms with Gasteiger partial charge in [0.25, 0.3) is 0 Å². The highest BCUT2D eigenvalue weighted by atomic mass is 35.5. The summed E-state index contributed by atoms with van der Waals surface area (Å²) in [5.74, 6) is 0. The van der Waals surface area contributed by atoms with E-state index in [-0.39, 0.29) is 18.8 Å². The molecule has 0 saturated carbocycles. The number of hydrogen-bond acceptors (Lipinski definition) is 2. The zero-order chi connectivity index (χ0) is 11.0. The molecule has 0 saturated heterocycles. The third kappa shape index (κ3) is 1.46. The molecular formula is C10H11ClN2O2. The third-order valence-electron chi connectivity index (χ3n) is 2.43. The van der Waals surface area contributed by atoms with Gasteiger partial charge in [-0.05, 0) is 12.1 Å². The van der Waals surface area contributed by atoms with E-state index >= 15 is 0 Å². The van der Waals surface area contributed by atoms with Gasteiger partial charge in [0.1, 0.15) is 0 Å². The molecule has 1 aromatic heterocycles. The number of aryl methyl sites for hydroxylation is 1. The molecule has 0 unspecified atom stereocenters. The van der Waals surface area contributed by atoms with Crippen molar-refractivity contribution in [2.45, 2.75) is 6.54 Å². The van der Waals surface area contributed by atoms with E-state index in [2.05, 4.69) is 0 Å². The van der Waals surface area contributed by atoms with Crippen molar-refractivity contribution >= 4 is 22.6 Å². The van der Waals surface area contributed by atoms with E-state index in [1.54, 1.807) is 19.2 Å². The average molecular weight is 227 g/mol. The summed E-state index contributed by atoms with van der Waals surface area (Å²) in [5.41, 5.74) is 1.30. The van der Waals surface area contributed by atoms with Crippen LogP contribution in [0.25, 0.3) is 11.0 Å². The molecule has 1 N–H and O–H groups in total. The van der Waals surface area contributed by atoms with Gasteiger partial charge in [-0.25, -0.2) is 4.79 Å². The SMILES string of the molecule is Cn1c(=O)n(CCO)c2cccc(Cl)c21. The molecule has 5 heteroatoms. The number of benzene rings is 1. The van der Waals surface area contributed by atoms with Crippen molar-refractivity contribution in [3.05, 3.63) is 33.7 Å². The van der Waals surface area contributed by atoms with Crippen LogP contribution in [0.2, 0.25) is 5.02 Å². The number of aliphatic hydroxyl groups excluding tert-OH is 1. The zero-order valence-corrected chi connectivity index (χ0v) is 9.03. The highest BCUT2D eigenvalue weighted by Gasteiger charge is 2.11. The predicted octanol–water partition coefficient (Wildman–Crippen LogP) is 0.986. The molecule has 0 aliphatic heterocycles. The Morgan fingerprint density at radius 1 is 1.47 bits per heavy atom. The van der Waals surface area contributed by atoms with Crippen LogP contribution in [0, 0.1) is 0 Å². The number of para-hydroxylation sites is 1. The van der Waals surface area contributed by atoms with E-state index in [0.717, 1.165) is 5.52 Å². The van der Waals surface area contributed by atoms with Gasteiger partial charge in [0.05, 0.1) is 29.2 Å². The summed E-state index contributed by atoms with van der Waals surface area (Å²) >= 11 is 6.01. The van der Waals surface area contributed by atoms with E-state index < -0.39 is 0 Å². The number of nitrogens with zero attached hydrogens (tertiary/aromatic N) is 2. The maximum atomic E-state index is 11.8. The Morgan fingerprint density at radius 2 is 2.20 bits per heavy atom. The van der Waals surface area contributed by atoms with Crippen LogP contribution in [0.5, 0.6) is 0 Å². The maximum absolute atomic E-state index is 11.8. The molecule has 15 heavy (non-hydrogen) atoms. The van der Waals surface area contributed by atoms with E-state index in [0.29, 0.717) is 10.5 Å². The molecule has 1 aromatic carbocycles. The van der Waals surface area contributed by atoms with Crippen molar-refractivity contribution in [3.63, 3.8) is 0 Å². The Morgan fingerprint density at radius 3 is 2.87 bits per heavy atom. The molecule has 0 aliphatic carbocycles. The molecule has 0 fully saturated rings. The maximum Gasteiger partial charge on any atom is 0.328 e. The molecule has 4 nitrogen and oxygen atoms in total. The fourth-order valence-electron chi connectivity index (χ4n) is 1.75. The van der Waals surface area contributed by atoms with Gasteiger partial charge in [-0.15, -0.1) is 0 Å². The number of aromatic nitrogens is 2. The molecule has 2 aromatic rings. The summed E-state index contributed by atoms with van der Waals surface area (Å²) in [6, 6.07) is 5.35. The third-order valence-corrected chi connectivity index (χ3v) is 2.74. The Bertz CT molecular complexity index is 556. The summed E-state index contributed by atoms with van der Waals surface area (Å²) in [4.78, 5) is 11.8. The lowest BCUT2D eigenvalue weighted by atomic mass is 10.3. The monoisotopic (exact) mass is 226 g/mol. The van der Waals surface area contributed by atoms with Crippen molar-refractivity contribution in [1.29, 1.82) is 0 Å². The Hall–Kier alpha value is -1.26. The van der Waals surface area contributed by atoms with Crippen molar-refractivity contribution in [3.8, 4) is 0 Å². The lowest BCUT2D eigenvalue weighted by Gasteiger charge is -1.99. The van der Waals surface area contributed by atoms with Crippen molar-refractivity contribution in [2.24, 2.45) is 7.05 Å². The second kappa shape index (κ2) is 3.72. The first kappa shape index (κ1) is 10.3. The van der Waals surface area contributed by atoms with Crippen LogP contribution in [0.3, 0.4) is 0 Å². The van der Waals surface area contributed by atoms with Gasteiger partial charge < -0.3 is 5.11 Å². The Labute approximate surface area is 91.3 Å². The van der Waals surface area contributed by atoms with Crippen molar-refractivity contribution in [1.82, 2.24) is 9.13 Å². The summed E-state index contributed by atoms with van der Waals surface area (Å²) in [7, 11) is 1.67. The molecule has 80 valence electrons. The molecule has 0 spiro atoms. The normalized spacial score (nSPS) is 11.1. The highest BCUT2D eigenvalue weighted by molar-refractivity contribution is 6.34. The van der Waals surface area contributed by atoms with Gasteiger partial charge in [-0.2, -0.15) is 0 Å². The predicted molar refractivity (Wildman–Crippen MR) is 59.3 cm³/mol. The van der Waals surface area contributed by atoms with Crippen LogP contribution in [-0.2, 0) is 13.6 Å². The molecular weight excluding hydrogens is 216 g/mol. The number of rotatable bonds is 2. The molecule has 0 radical (unpaired) electrons. The summed E-state index contributed by atoms with van der Waals surface area (Å²) in [6.45, 7) is 0.224. The van der Waals surface area contributed by atoms with Crippen molar-refractivity contribution in [2.75, 3.05) is 6.61 Å². The van der Waals surface area contributed by atoms with Crippen LogP contribution in [0.15, 0.2) is 23.0 Å². The van der Waals surface area contributed by atoms with Crippen molar-refractivity contribution < 1.29 is 5.11 Å². The Balaban J connectivity index is 2.87. The molecule has 0 amide bonds. The summed E-state index contributed by atoms with van der Waals surface area (Å²) in [5, 5.41) is 9.43. The summed E-state index contributed by atoms with van der Waals surface area (Å²) in [6.07, 6.45) is 0. The number of hydrogen-bond donors (Lipinski definition) is 1. The van der Waals surface area contributed by atoms with Gasteiger partial charge in [-0.1, -0.05) is 17.7 Å². The zero-order valence-electron chi connectivity index (χ0n) is 8.27. The molecule has 1 heterocycles. The fourth-order valence-corrected chi connectivity index (χ4v) is 2.05. The smallest absolute Gasteiger partial charge is 0.328 e. The number of halogens is 1. The van der Waals surface area contributed by atoms with E-state index in [9.17, 15) is 4.79 Å². The van der Waals surface area contributed by atoms with Crippen LogP contribution in [0.1, 0.15) is 0 Å². The standard InChI is InChI=1S/C10H11ClN2O2/c1-12-9-7(11)3-2-4-8(9)13(5-6-14)10(12)15/h2-4,14H,5-6H2,1H3. The second-order valence-corrected chi connectivity index (χ2v) is 3.73.